The molecule has 2 fully saturated rings. The third kappa shape index (κ3) is 7.03. The zero-order chi connectivity index (χ0) is 20.8. The number of hydrogen-bond acceptors (Lipinski definition) is 6. The highest BCUT2D eigenvalue weighted by molar-refractivity contribution is 14.0. The first-order valence-corrected chi connectivity index (χ1v) is 12.9. The number of likely N-dealkylation sites (tertiary alicyclic amines) is 1. The number of piperidine rings is 1. The number of piperazine rings is 1. The second-order valence-corrected chi connectivity index (χ2v) is 10.2. The number of halogens is 1. The Balaban J connectivity index is 0.00000272. The zero-order valence-corrected chi connectivity index (χ0v) is 22.6. The Bertz CT molecular complexity index is 793. The summed E-state index contributed by atoms with van der Waals surface area (Å²) in [6, 6.07) is 4.36. The highest BCUT2D eigenvalue weighted by atomic mass is 127. The number of aryl methyl sites for hydroxylation is 1. The van der Waals surface area contributed by atoms with Gasteiger partial charge in [0.05, 0.1) is 15.7 Å². The zero-order valence-electron chi connectivity index (χ0n) is 18.6. The van der Waals surface area contributed by atoms with Crippen LogP contribution in [0.4, 0.5) is 5.00 Å². The van der Waals surface area contributed by atoms with E-state index in [1.165, 1.54) is 28.5 Å². The molecule has 2 aliphatic rings. The van der Waals surface area contributed by atoms with Crippen molar-refractivity contribution in [2.75, 3.05) is 57.3 Å². The molecular formula is C22H35IN6S2. The van der Waals surface area contributed by atoms with Crippen LogP contribution in [0, 0.1) is 12.8 Å². The first-order chi connectivity index (χ1) is 14.7. The van der Waals surface area contributed by atoms with Gasteiger partial charge in [-0.05, 0) is 63.2 Å². The van der Waals surface area contributed by atoms with E-state index in [0.717, 1.165) is 64.9 Å². The molecule has 31 heavy (non-hydrogen) atoms. The number of thiophene rings is 1. The molecule has 0 unspecified atom stereocenters. The van der Waals surface area contributed by atoms with Crippen LogP contribution in [0.25, 0.3) is 0 Å². The molecule has 172 valence electrons. The number of hydrogen-bond donors (Lipinski definition) is 1. The lowest BCUT2D eigenvalue weighted by atomic mass is 9.97. The van der Waals surface area contributed by atoms with Crippen LogP contribution in [0.2, 0.25) is 0 Å². The maximum Gasteiger partial charge on any atom is 0.194 e. The molecule has 2 aliphatic heterocycles. The van der Waals surface area contributed by atoms with E-state index in [0.29, 0.717) is 5.92 Å². The largest absolute Gasteiger partial charge is 0.360 e. The SMILES string of the molecule is CCNC(=NCC1CCN(Cc2csc(C)n2)CC1)N1CCN(c2cccs2)CC1.I. The molecule has 1 N–H and O–H groups in total. The van der Waals surface area contributed by atoms with Crippen molar-refractivity contribution in [3.63, 3.8) is 0 Å². The number of aromatic nitrogens is 1. The average molecular weight is 575 g/mol. The Kier molecular flexibility index (Phi) is 9.86. The first kappa shape index (κ1) is 24.7. The molecule has 0 radical (unpaired) electrons. The fourth-order valence-electron chi connectivity index (χ4n) is 4.27. The molecule has 0 spiro atoms. The predicted molar refractivity (Wildman–Crippen MR) is 144 cm³/mol. The molecule has 4 rings (SSSR count). The van der Waals surface area contributed by atoms with Gasteiger partial charge in [-0.2, -0.15) is 0 Å². The molecule has 2 aromatic rings. The normalized spacial score (nSPS) is 18.8. The van der Waals surface area contributed by atoms with Gasteiger partial charge in [-0.15, -0.1) is 46.7 Å². The highest BCUT2D eigenvalue weighted by Gasteiger charge is 2.22. The lowest BCUT2D eigenvalue weighted by molar-refractivity contribution is 0.179. The summed E-state index contributed by atoms with van der Waals surface area (Å²) in [6.45, 7) is 13.6. The van der Waals surface area contributed by atoms with Crippen molar-refractivity contribution in [1.82, 2.24) is 20.1 Å². The Labute approximate surface area is 211 Å². The standard InChI is InChI=1S/C22H34N6S2.HI/c1-3-23-22(28-12-10-27(11-13-28)21-5-4-14-29-21)24-15-19-6-8-26(9-7-19)16-20-17-30-18(2)25-20;/h4-5,14,17,19H,3,6-13,15-16H2,1-2H3,(H,23,24);1H. The minimum atomic E-state index is 0. The summed E-state index contributed by atoms with van der Waals surface area (Å²) in [5.41, 5.74) is 1.23. The van der Waals surface area contributed by atoms with Gasteiger partial charge in [0.2, 0.25) is 0 Å². The van der Waals surface area contributed by atoms with Crippen LogP contribution in [0.3, 0.4) is 0 Å². The lowest BCUT2D eigenvalue weighted by Gasteiger charge is -2.37. The van der Waals surface area contributed by atoms with Gasteiger partial charge in [0.25, 0.3) is 0 Å². The van der Waals surface area contributed by atoms with Crippen molar-refractivity contribution in [2.45, 2.75) is 33.2 Å². The number of nitrogens with one attached hydrogen (secondary N) is 1. The molecule has 0 bridgehead atoms. The summed E-state index contributed by atoms with van der Waals surface area (Å²) in [5, 5.41) is 10.4. The van der Waals surface area contributed by atoms with E-state index in [9.17, 15) is 0 Å². The average Bonchev–Trinajstić information content (AvgIpc) is 3.44. The van der Waals surface area contributed by atoms with Crippen LogP contribution in [0.15, 0.2) is 27.9 Å². The highest BCUT2D eigenvalue weighted by Crippen LogP contribution is 2.23. The fourth-order valence-corrected chi connectivity index (χ4v) is 5.66. The predicted octanol–water partition coefficient (Wildman–Crippen LogP) is 4.13. The van der Waals surface area contributed by atoms with Crippen molar-refractivity contribution in [2.24, 2.45) is 10.9 Å². The molecule has 0 aliphatic carbocycles. The third-order valence-corrected chi connectivity index (χ3v) is 7.74. The summed E-state index contributed by atoms with van der Waals surface area (Å²) in [5.74, 6) is 1.79. The van der Waals surface area contributed by atoms with Crippen LogP contribution in [0.5, 0.6) is 0 Å². The van der Waals surface area contributed by atoms with Gasteiger partial charge >= 0.3 is 0 Å². The van der Waals surface area contributed by atoms with Crippen molar-refractivity contribution in [1.29, 1.82) is 0 Å². The van der Waals surface area contributed by atoms with Gasteiger partial charge in [0, 0.05) is 51.2 Å². The minimum Gasteiger partial charge on any atom is -0.360 e. The van der Waals surface area contributed by atoms with Crippen molar-refractivity contribution in [3.8, 4) is 0 Å². The van der Waals surface area contributed by atoms with E-state index in [1.54, 1.807) is 11.3 Å². The molecule has 0 atom stereocenters. The summed E-state index contributed by atoms with van der Waals surface area (Å²) in [6.07, 6.45) is 2.47. The second kappa shape index (κ2) is 12.4. The number of rotatable bonds is 6. The van der Waals surface area contributed by atoms with E-state index >= 15 is 0 Å². The van der Waals surface area contributed by atoms with Crippen molar-refractivity contribution < 1.29 is 0 Å². The molecule has 9 heteroatoms. The Morgan fingerprint density at radius 2 is 1.94 bits per heavy atom. The molecule has 4 heterocycles. The summed E-state index contributed by atoms with van der Waals surface area (Å²) in [4.78, 5) is 17.1. The van der Waals surface area contributed by atoms with Gasteiger partial charge in [0.15, 0.2) is 5.96 Å². The Hall–Kier alpha value is -0.910. The number of nitrogens with zero attached hydrogens (tertiary/aromatic N) is 5. The first-order valence-electron chi connectivity index (χ1n) is 11.2. The third-order valence-electron chi connectivity index (χ3n) is 5.99. The molecular weight excluding hydrogens is 539 g/mol. The molecule has 0 amide bonds. The second-order valence-electron chi connectivity index (χ2n) is 8.20. The van der Waals surface area contributed by atoms with Crippen LogP contribution in [-0.2, 0) is 6.54 Å². The minimum absolute atomic E-state index is 0. The number of thiazole rings is 1. The van der Waals surface area contributed by atoms with Crippen molar-refractivity contribution in [3.05, 3.63) is 33.6 Å². The van der Waals surface area contributed by atoms with Crippen LogP contribution in [0.1, 0.15) is 30.5 Å². The van der Waals surface area contributed by atoms with Crippen LogP contribution < -0.4 is 10.2 Å². The fraction of sp³-hybridized carbons (Fsp3) is 0.636. The van der Waals surface area contributed by atoms with Gasteiger partial charge in [0.1, 0.15) is 0 Å². The molecule has 0 aromatic carbocycles. The van der Waals surface area contributed by atoms with Gasteiger partial charge in [-0.1, -0.05) is 0 Å². The van der Waals surface area contributed by atoms with E-state index in [-0.39, 0.29) is 24.0 Å². The summed E-state index contributed by atoms with van der Waals surface area (Å²) >= 11 is 3.59. The van der Waals surface area contributed by atoms with E-state index in [1.807, 2.05) is 11.3 Å². The smallest absolute Gasteiger partial charge is 0.194 e. The maximum absolute atomic E-state index is 5.05. The van der Waals surface area contributed by atoms with E-state index in [2.05, 4.69) is 61.7 Å². The van der Waals surface area contributed by atoms with Crippen LogP contribution >= 0.6 is 46.7 Å². The molecule has 2 saturated heterocycles. The Morgan fingerprint density at radius 3 is 2.55 bits per heavy atom. The molecule has 6 nitrogen and oxygen atoms in total. The van der Waals surface area contributed by atoms with E-state index in [4.69, 9.17) is 4.99 Å². The molecule has 0 saturated carbocycles. The monoisotopic (exact) mass is 574 g/mol. The van der Waals surface area contributed by atoms with E-state index < -0.39 is 0 Å². The Morgan fingerprint density at radius 1 is 1.16 bits per heavy atom. The van der Waals surface area contributed by atoms with Crippen LogP contribution in [-0.4, -0.2) is 73.1 Å². The number of guanidine groups is 1. The topological polar surface area (TPSA) is 47.0 Å². The number of anilines is 1. The van der Waals surface area contributed by atoms with Gasteiger partial charge in [-0.3, -0.25) is 9.89 Å². The lowest BCUT2D eigenvalue weighted by Crippen LogP contribution is -2.52. The summed E-state index contributed by atoms with van der Waals surface area (Å²) < 4.78 is 0. The maximum atomic E-state index is 5.05. The summed E-state index contributed by atoms with van der Waals surface area (Å²) in [7, 11) is 0. The van der Waals surface area contributed by atoms with Crippen molar-refractivity contribution >= 4 is 57.6 Å². The number of aliphatic imine (C=N–C) groups is 1. The quantitative estimate of drug-likeness (QED) is 0.320. The molecule has 2 aromatic heterocycles. The van der Waals surface area contributed by atoms with Gasteiger partial charge < -0.3 is 15.1 Å². The van der Waals surface area contributed by atoms with Gasteiger partial charge in [-0.25, -0.2) is 4.98 Å².